The molecule has 4 heteroatoms. The van der Waals surface area contributed by atoms with Crippen molar-refractivity contribution < 1.29 is 9.21 Å². The molecule has 0 spiro atoms. The molecule has 0 saturated heterocycles. The van der Waals surface area contributed by atoms with Crippen molar-refractivity contribution >= 4 is 5.91 Å². The van der Waals surface area contributed by atoms with Gasteiger partial charge in [-0.1, -0.05) is 30.3 Å². The highest BCUT2D eigenvalue weighted by Gasteiger charge is 2.23. The third-order valence-corrected chi connectivity index (χ3v) is 2.88. The number of aromatic nitrogens is 1. The fraction of sp³-hybridized carbons (Fsp3) is 0.333. The summed E-state index contributed by atoms with van der Waals surface area (Å²) in [7, 11) is 0. The fourth-order valence-electron chi connectivity index (χ4n) is 1.85. The van der Waals surface area contributed by atoms with Gasteiger partial charge in [-0.2, -0.15) is 0 Å². The minimum atomic E-state index is -0.174. The van der Waals surface area contributed by atoms with Gasteiger partial charge in [-0.3, -0.25) is 4.79 Å². The molecule has 0 aliphatic carbocycles. The van der Waals surface area contributed by atoms with Gasteiger partial charge in [0.05, 0.1) is 6.20 Å². The predicted octanol–water partition coefficient (Wildman–Crippen LogP) is 3.03. The van der Waals surface area contributed by atoms with Crippen LogP contribution in [-0.2, 0) is 6.54 Å². The number of aryl methyl sites for hydroxylation is 1. The largest absolute Gasteiger partial charge is 0.438 e. The number of amides is 1. The second-order valence-electron chi connectivity index (χ2n) is 4.79. The van der Waals surface area contributed by atoms with E-state index in [9.17, 15) is 4.79 Å². The first-order chi connectivity index (χ1) is 9.08. The van der Waals surface area contributed by atoms with Crippen LogP contribution in [0.3, 0.4) is 0 Å². The number of oxazole rings is 1. The van der Waals surface area contributed by atoms with Gasteiger partial charge < -0.3 is 9.32 Å². The highest BCUT2D eigenvalue weighted by molar-refractivity contribution is 5.89. The van der Waals surface area contributed by atoms with Gasteiger partial charge in [0.2, 0.25) is 0 Å². The van der Waals surface area contributed by atoms with E-state index in [2.05, 4.69) is 4.98 Å². The number of hydrogen-bond acceptors (Lipinski definition) is 3. The lowest BCUT2D eigenvalue weighted by Gasteiger charge is -2.25. The number of nitrogens with zero attached hydrogens (tertiary/aromatic N) is 2. The number of hydrogen-bond donors (Lipinski definition) is 0. The van der Waals surface area contributed by atoms with Gasteiger partial charge >= 0.3 is 5.91 Å². The molecule has 0 fully saturated rings. The zero-order valence-electron chi connectivity index (χ0n) is 11.5. The summed E-state index contributed by atoms with van der Waals surface area (Å²) < 4.78 is 5.31. The number of benzene rings is 1. The average molecular weight is 258 g/mol. The van der Waals surface area contributed by atoms with E-state index in [0.29, 0.717) is 12.3 Å². The predicted molar refractivity (Wildman–Crippen MR) is 72.7 cm³/mol. The highest BCUT2D eigenvalue weighted by Crippen LogP contribution is 2.13. The van der Waals surface area contributed by atoms with Gasteiger partial charge in [0.25, 0.3) is 5.89 Å². The van der Waals surface area contributed by atoms with E-state index in [1.165, 1.54) is 0 Å². The Hall–Kier alpha value is -2.10. The summed E-state index contributed by atoms with van der Waals surface area (Å²) in [5.41, 5.74) is 1.09. The van der Waals surface area contributed by atoms with Crippen molar-refractivity contribution in [1.82, 2.24) is 9.88 Å². The molecule has 1 heterocycles. The molecule has 0 unspecified atom stereocenters. The van der Waals surface area contributed by atoms with Crippen molar-refractivity contribution in [2.45, 2.75) is 33.4 Å². The molecule has 1 amide bonds. The van der Waals surface area contributed by atoms with Crippen molar-refractivity contribution in [3.8, 4) is 0 Å². The fourth-order valence-corrected chi connectivity index (χ4v) is 1.85. The standard InChI is InChI=1S/C15H18N2O2/c1-11(2)17(10-13-7-5-4-6-8-13)15(18)14-16-9-12(3)19-14/h4-9,11H,10H2,1-3H3. The van der Waals surface area contributed by atoms with E-state index in [0.717, 1.165) is 5.56 Å². The minimum absolute atomic E-state index is 0.0833. The Kier molecular flexibility index (Phi) is 4.00. The molecule has 1 aromatic heterocycles. The second-order valence-corrected chi connectivity index (χ2v) is 4.79. The maximum absolute atomic E-state index is 12.4. The van der Waals surface area contributed by atoms with Crippen molar-refractivity contribution in [2.24, 2.45) is 0 Å². The molecule has 0 radical (unpaired) electrons. The lowest BCUT2D eigenvalue weighted by atomic mass is 10.2. The zero-order valence-corrected chi connectivity index (χ0v) is 11.5. The third kappa shape index (κ3) is 3.22. The van der Waals surface area contributed by atoms with Crippen LogP contribution in [0.25, 0.3) is 0 Å². The Morgan fingerprint density at radius 3 is 2.53 bits per heavy atom. The first-order valence-electron chi connectivity index (χ1n) is 6.35. The Bertz CT molecular complexity index is 546. The smallest absolute Gasteiger partial charge is 0.310 e. The van der Waals surface area contributed by atoms with Gasteiger partial charge in [0.1, 0.15) is 5.76 Å². The normalized spacial score (nSPS) is 10.7. The molecule has 0 aliphatic rings. The minimum Gasteiger partial charge on any atom is -0.438 e. The van der Waals surface area contributed by atoms with Crippen molar-refractivity contribution in [3.05, 3.63) is 53.7 Å². The Morgan fingerprint density at radius 2 is 2.00 bits per heavy atom. The second kappa shape index (κ2) is 5.69. The van der Waals surface area contributed by atoms with E-state index >= 15 is 0 Å². The van der Waals surface area contributed by atoms with Gasteiger partial charge in [-0.25, -0.2) is 4.98 Å². The van der Waals surface area contributed by atoms with Crippen LogP contribution in [0.15, 0.2) is 40.9 Å². The molecule has 0 bridgehead atoms. The summed E-state index contributed by atoms with van der Waals surface area (Å²) >= 11 is 0. The zero-order chi connectivity index (χ0) is 13.8. The molecule has 0 saturated carbocycles. The molecular formula is C15H18N2O2. The molecule has 0 N–H and O–H groups in total. The molecule has 19 heavy (non-hydrogen) atoms. The lowest BCUT2D eigenvalue weighted by molar-refractivity contribution is 0.0648. The molecule has 0 atom stereocenters. The number of carbonyl (C=O) groups excluding carboxylic acids is 1. The van der Waals surface area contributed by atoms with Gasteiger partial charge in [-0.15, -0.1) is 0 Å². The molecule has 2 rings (SSSR count). The topological polar surface area (TPSA) is 46.3 Å². The van der Waals surface area contributed by atoms with Crippen LogP contribution < -0.4 is 0 Å². The molecule has 2 aromatic rings. The van der Waals surface area contributed by atoms with E-state index in [-0.39, 0.29) is 17.8 Å². The van der Waals surface area contributed by atoms with E-state index in [4.69, 9.17) is 4.42 Å². The quantitative estimate of drug-likeness (QED) is 0.846. The first kappa shape index (κ1) is 13.3. The summed E-state index contributed by atoms with van der Waals surface area (Å²) in [6, 6.07) is 9.98. The summed E-state index contributed by atoms with van der Waals surface area (Å²) in [6.07, 6.45) is 1.56. The van der Waals surface area contributed by atoms with Crippen LogP contribution in [0.4, 0.5) is 0 Å². The molecular weight excluding hydrogens is 240 g/mol. The summed E-state index contributed by atoms with van der Waals surface area (Å²) in [5, 5.41) is 0. The van der Waals surface area contributed by atoms with Crippen LogP contribution in [0.5, 0.6) is 0 Å². The van der Waals surface area contributed by atoms with Crippen molar-refractivity contribution in [1.29, 1.82) is 0 Å². The number of rotatable bonds is 4. The van der Waals surface area contributed by atoms with Crippen molar-refractivity contribution in [2.75, 3.05) is 0 Å². The van der Waals surface area contributed by atoms with E-state index in [1.54, 1.807) is 18.0 Å². The Morgan fingerprint density at radius 1 is 1.32 bits per heavy atom. The SMILES string of the molecule is Cc1cnc(C(=O)N(Cc2ccccc2)C(C)C)o1. The van der Waals surface area contributed by atoms with E-state index in [1.807, 2.05) is 44.2 Å². The lowest BCUT2D eigenvalue weighted by Crippen LogP contribution is -2.36. The monoisotopic (exact) mass is 258 g/mol. The van der Waals surface area contributed by atoms with Crippen LogP contribution >= 0.6 is 0 Å². The Labute approximate surface area is 113 Å². The van der Waals surface area contributed by atoms with Crippen LogP contribution in [-0.4, -0.2) is 21.8 Å². The van der Waals surface area contributed by atoms with Crippen LogP contribution in [0, 0.1) is 6.92 Å². The molecule has 4 nitrogen and oxygen atoms in total. The molecule has 0 aliphatic heterocycles. The first-order valence-corrected chi connectivity index (χ1v) is 6.35. The molecule has 100 valence electrons. The average Bonchev–Trinajstić information content (AvgIpc) is 2.83. The third-order valence-electron chi connectivity index (χ3n) is 2.88. The van der Waals surface area contributed by atoms with Crippen LogP contribution in [0.2, 0.25) is 0 Å². The molecule has 1 aromatic carbocycles. The van der Waals surface area contributed by atoms with E-state index < -0.39 is 0 Å². The summed E-state index contributed by atoms with van der Waals surface area (Å²) in [5.74, 6) is 0.626. The number of carbonyl (C=O) groups is 1. The summed E-state index contributed by atoms with van der Waals surface area (Å²) in [6.45, 7) is 6.30. The summed E-state index contributed by atoms with van der Waals surface area (Å²) in [4.78, 5) is 18.1. The highest BCUT2D eigenvalue weighted by atomic mass is 16.4. The van der Waals surface area contributed by atoms with Gasteiger partial charge in [0, 0.05) is 12.6 Å². The van der Waals surface area contributed by atoms with Crippen molar-refractivity contribution in [3.63, 3.8) is 0 Å². The van der Waals surface area contributed by atoms with Gasteiger partial charge in [-0.05, 0) is 26.3 Å². The maximum Gasteiger partial charge on any atom is 0.310 e. The van der Waals surface area contributed by atoms with Crippen LogP contribution in [0.1, 0.15) is 35.9 Å². The maximum atomic E-state index is 12.4. The van der Waals surface area contributed by atoms with Gasteiger partial charge in [0.15, 0.2) is 0 Å². The Balaban J connectivity index is 2.19.